The summed E-state index contributed by atoms with van der Waals surface area (Å²) in [7, 11) is 0. The van der Waals surface area contributed by atoms with Crippen LogP contribution in [0.25, 0.3) is 0 Å². The predicted molar refractivity (Wildman–Crippen MR) is 79.0 cm³/mol. The van der Waals surface area contributed by atoms with Crippen LogP contribution in [0.4, 0.5) is 5.69 Å². The number of hydrogen-bond acceptors (Lipinski definition) is 2. The van der Waals surface area contributed by atoms with Gasteiger partial charge in [0.15, 0.2) is 0 Å². The van der Waals surface area contributed by atoms with Gasteiger partial charge in [0.25, 0.3) is 0 Å². The van der Waals surface area contributed by atoms with Crippen molar-refractivity contribution in [1.29, 1.82) is 0 Å². The van der Waals surface area contributed by atoms with Crippen LogP contribution >= 0.6 is 0 Å². The van der Waals surface area contributed by atoms with Crippen molar-refractivity contribution in [2.75, 3.05) is 18.0 Å². The van der Waals surface area contributed by atoms with Crippen LogP contribution in [0, 0.1) is 5.92 Å². The second kappa shape index (κ2) is 6.24. The summed E-state index contributed by atoms with van der Waals surface area (Å²) in [5, 5.41) is 0. The lowest BCUT2D eigenvalue weighted by molar-refractivity contribution is 0.476. The molecule has 2 unspecified atom stereocenters. The molecule has 1 aliphatic rings. The van der Waals surface area contributed by atoms with Gasteiger partial charge in [-0.3, -0.25) is 0 Å². The number of fused-ring (bicyclic) bond motifs is 1. The van der Waals surface area contributed by atoms with Crippen LogP contribution in [0.1, 0.15) is 38.7 Å². The highest BCUT2D eigenvalue weighted by molar-refractivity contribution is 5.57. The molecule has 2 heteroatoms. The fourth-order valence-corrected chi connectivity index (χ4v) is 2.85. The van der Waals surface area contributed by atoms with E-state index in [1.807, 2.05) is 0 Å². The Bertz CT molecular complexity index is 373. The van der Waals surface area contributed by atoms with Crippen molar-refractivity contribution in [2.24, 2.45) is 11.7 Å². The van der Waals surface area contributed by atoms with E-state index in [-0.39, 0.29) is 0 Å². The van der Waals surface area contributed by atoms with E-state index >= 15 is 0 Å². The van der Waals surface area contributed by atoms with Crippen LogP contribution in [-0.2, 0) is 6.42 Å². The molecular weight excluding hydrogens is 220 g/mol. The molecule has 0 spiro atoms. The van der Waals surface area contributed by atoms with Crippen molar-refractivity contribution in [3.05, 3.63) is 29.8 Å². The lowest BCUT2D eigenvalue weighted by Crippen LogP contribution is -2.26. The predicted octanol–water partition coefficient (Wildman–Crippen LogP) is 3.20. The highest BCUT2D eigenvalue weighted by Crippen LogP contribution is 2.28. The first-order valence-corrected chi connectivity index (χ1v) is 7.25. The standard InChI is InChI=1S/C16H26N2/c1-13(6-5-7-14(2)17)12-18-11-10-15-8-3-4-9-16(15)18/h3-4,8-9,13-14H,5-7,10-12,17H2,1-2H3. The van der Waals surface area contributed by atoms with Gasteiger partial charge >= 0.3 is 0 Å². The van der Waals surface area contributed by atoms with Gasteiger partial charge in [0.05, 0.1) is 0 Å². The van der Waals surface area contributed by atoms with E-state index < -0.39 is 0 Å². The molecule has 2 atom stereocenters. The van der Waals surface area contributed by atoms with Gasteiger partial charge in [-0.15, -0.1) is 0 Å². The van der Waals surface area contributed by atoms with E-state index in [9.17, 15) is 0 Å². The number of nitrogens with two attached hydrogens (primary N) is 1. The molecular formula is C16H26N2. The van der Waals surface area contributed by atoms with E-state index in [0.717, 1.165) is 12.3 Å². The molecule has 1 aromatic rings. The average molecular weight is 246 g/mol. The largest absolute Gasteiger partial charge is 0.371 e. The molecule has 2 N–H and O–H groups in total. The maximum absolute atomic E-state index is 5.80. The van der Waals surface area contributed by atoms with Crippen LogP contribution in [0.2, 0.25) is 0 Å². The molecule has 0 saturated carbocycles. The molecule has 0 saturated heterocycles. The van der Waals surface area contributed by atoms with Crippen LogP contribution < -0.4 is 10.6 Å². The Hall–Kier alpha value is -1.02. The molecule has 0 radical (unpaired) electrons. The van der Waals surface area contributed by atoms with E-state index in [0.29, 0.717) is 6.04 Å². The summed E-state index contributed by atoms with van der Waals surface area (Å²) >= 11 is 0. The van der Waals surface area contributed by atoms with Crippen molar-refractivity contribution in [3.63, 3.8) is 0 Å². The smallest absolute Gasteiger partial charge is 0.0399 e. The zero-order chi connectivity index (χ0) is 13.0. The van der Waals surface area contributed by atoms with Gasteiger partial charge in [0, 0.05) is 24.8 Å². The fourth-order valence-electron chi connectivity index (χ4n) is 2.85. The van der Waals surface area contributed by atoms with Gasteiger partial charge in [0.2, 0.25) is 0 Å². The van der Waals surface area contributed by atoms with Crippen LogP contribution in [-0.4, -0.2) is 19.1 Å². The molecule has 0 amide bonds. The minimum absolute atomic E-state index is 0.352. The molecule has 1 aromatic carbocycles. The van der Waals surface area contributed by atoms with E-state index in [1.165, 1.54) is 43.6 Å². The van der Waals surface area contributed by atoms with Crippen molar-refractivity contribution >= 4 is 5.69 Å². The SMILES string of the molecule is CC(N)CCCC(C)CN1CCc2ccccc21. The topological polar surface area (TPSA) is 29.3 Å². The monoisotopic (exact) mass is 246 g/mol. The lowest BCUT2D eigenvalue weighted by Gasteiger charge is -2.23. The Morgan fingerprint density at radius 3 is 2.78 bits per heavy atom. The molecule has 100 valence electrons. The van der Waals surface area contributed by atoms with Crippen molar-refractivity contribution < 1.29 is 0 Å². The minimum Gasteiger partial charge on any atom is -0.371 e. The first-order chi connectivity index (χ1) is 8.66. The molecule has 2 nitrogen and oxygen atoms in total. The molecule has 0 fully saturated rings. The highest BCUT2D eigenvalue weighted by atomic mass is 15.1. The zero-order valence-electron chi connectivity index (χ0n) is 11.7. The highest BCUT2D eigenvalue weighted by Gasteiger charge is 2.19. The summed E-state index contributed by atoms with van der Waals surface area (Å²) in [6, 6.07) is 9.17. The van der Waals surface area contributed by atoms with Crippen LogP contribution in [0.3, 0.4) is 0 Å². The second-order valence-electron chi connectivity index (χ2n) is 5.84. The van der Waals surface area contributed by atoms with Gasteiger partial charge < -0.3 is 10.6 Å². The third kappa shape index (κ3) is 3.49. The number of para-hydroxylation sites is 1. The second-order valence-corrected chi connectivity index (χ2v) is 5.84. The van der Waals surface area contributed by atoms with Gasteiger partial charge in [-0.25, -0.2) is 0 Å². The summed E-state index contributed by atoms with van der Waals surface area (Å²) < 4.78 is 0. The van der Waals surface area contributed by atoms with Gasteiger partial charge in [-0.1, -0.05) is 31.5 Å². The Labute approximate surface area is 111 Å². The Morgan fingerprint density at radius 1 is 1.22 bits per heavy atom. The third-order valence-electron chi connectivity index (χ3n) is 3.87. The fraction of sp³-hybridized carbons (Fsp3) is 0.625. The lowest BCUT2D eigenvalue weighted by atomic mass is 10.0. The molecule has 18 heavy (non-hydrogen) atoms. The summed E-state index contributed by atoms with van der Waals surface area (Å²) in [6.45, 7) is 6.84. The maximum atomic E-state index is 5.80. The molecule has 1 aliphatic heterocycles. The molecule has 0 aromatic heterocycles. The third-order valence-corrected chi connectivity index (χ3v) is 3.87. The molecule has 1 heterocycles. The molecule has 2 rings (SSSR count). The van der Waals surface area contributed by atoms with E-state index in [4.69, 9.17) is 5.73 Å². The number of anilines is 1. The summed E-state index contributed by atoms with van der Waals surface area (Å²) in [5.74, 6) is 0.759. The number of hydrogen-bond donors (Lipinski definition) is 1. The Kier molecular flexibility index (Phi) is 4.65. The zero-order valence-corrected chi connectivity index (χ0v) is 11.7. The summed E-state index contributed by atoms with van der Waals surface area (Å²) in [6.07, 6.45) is 4.91. The van der Waals surface area contributed by atoms with Crippen LogP contribution in [0.15, 0.2) is 24.3 Å². The molecule has 0 bridgehead atoms. The molecule has 0 aliphatic carbocycles. The average Bonchev–Trinajstić information content (AvgIpc) is 2.72. The van der Waals surface area contributed by atoms with E-state index in [2.05, 4.69) is 43.0 Å². The van der Waals surface area contributed by atoms with Gasteiger partial charge in [-0.05, 0) is 43.7 Å². The van der Waals surface area contributed by atoms with E-state index in [1.54, 1.807) is 0 Å². The number of rotatable bonds is 6. The van der Waals surface area contributed by atoms with Crippen molar-refractivity contribution in [3.8, 4) is 0 Å². The summed E-state index contributed by atoms with van der Waals surface area (Å²) in [5.41, 5.74) is 8.76. The normalized spacial score (nSPS) is 17.6. The first kappa shape index (κ1) is 13.4. The maximum Gasteiger partial charge on any atom is 0.0399 e. The Balaban J connectivity index is 1.80. The van der Waals surface area contributed by atoms with Crippen molar-refractivity contribution in [2.45, 2.75) is 45.6 Å². The minimum atomic E-state index is 0.352. The Morgan fingerprint density at radius 2 is 2.00 bits per heavy atom. The first-order valence-electron chi connectivity index (χ1n) is 7.25. The number of nitrogens with zero attached hydrogens (tertiary/aromatic N) is 1. The van der Waals surface area contributed by atoms with Gasteiger partial charge in [0.1, 0.15) is 0 Å². The van der Waals surface area contributed by atoms with Gasteiger partial charge in [-0.2, -0.15) is 0 Å². The summed E-state index contributed by atoms with van der Waals surface area (Å²) in [4.78, 5) is 2.55. The number of benzene rings is 1. The van der Waals surface area contributed by atoms with Crippen LogP contribution in [0.5, 0.6) is 0 Å². The quantitative estimate of drug-likeness (QED) is 0.835. The van der Waals surface area contributed by atoms with Crippen molar-refractivity contribution in [1.82, 2.24) is 0 Å².